The van der Waals surface area contributed by atoms with Gasteiger partial charge >= 0.3 is 12.1 Å². The molecule has 0 fully saturated rings. The van der Waals surface area contributed by atoms with E-state index in [0.29, 0.717) is 23.1 Å². The van der Waals surface area contributed by atoms with Gasteiger partial charge in [-0.1, -0.05) is 6.08 Å². The molecule has 0 radical (unpaired) electrons. The second kappa shape index (κ2) is 9.14. The first kappa shape index (κ1) is 26.1. The van der Waals surface area contributed by atoms with Crippen LogP contribution >= 0.6 is 0 Å². The lowest BCUT2D eigenvalue weighted by molar-refractivity contribution is -0.249. The summed E-state index contributed by atoms with van der Waals surface area (Å²) in [5.74, 6) is -7.45. The van der Waals surface area contributed by atoms with Gasteiger partial charge in [0.15, 0.2) is 5.82 Å². The highest BCUT2D eigenvalue weighted by molar-refractivity contribution is 7.88. The first-order valence-electron chi connectivity index (χ1n) is 10.6. The third-order valence-electron chi connectivity index (χ3n) is 5.92. The quantitative estimate of drug-likeness (QED) is 0.510. The number of hydrogen-bond donors (Lipinski definition) is 0. The SMILES string of the molecule is CS(=O)(=O)N1CC=C(c2ccnc(C3CC(C(F)(F)C(F)(F)F)=NN3c3ccc(F)cc3F)c2)CC1. The van der Waals surface area contributed by atoms with Gasteiger partial charge < -0.3 is 0 Å². The second-order valence-electron chi connectivity index (χ2n) is 8.35. The molecule has 0 amide bonds. The zero-order valence-corrected chi connectivity index (χ0v) is 19.4. The molecule has 14 heteroatoms. The van der Waals surface area contributed by atoms with E-state index in [1.54, 1.807) is 12.1 Å². The molecular weight excluding hydrogens is 517 g/mol. The summed E-state index contributed by atoms with van der Waals surface area (Å²) >= 11 is 0. The summed E-state index contributed by atoms with van der Waals surface area (Å²) in [5.41, 5.74) is -0.736. The summed E-state index contributed by atoms with van der Waals surface area (Å²) in [4.78, 5) is 4.10. The fourth-order valence-electron chi connectivity index (χ4n) is 4.03. The molecule has 1 unspecified atom stereocenters. The van der Waals surface area contributed by atoms with Crippen LogP contribution in [0.5, 0.6) is 0 Å². The standard InChI is InChI=1S/C22H19F7N4O2S/c1-36(34,35)32-8-5-13(6-9-32)14-4-7-30-17(10-14)19-12-20(21(25,26)22(27,28)29)31-33(19)18-3-2-15(23)11-16(18)24/h2-5,7,10-11,19H,6,8-9,12H2,1H3. The van der Waals surface area contributed by atoms with Gasteiger partial charge in [-0.3, -0.25) is 9.99 Å². The van der Waals surface area contributed by atoms with E-state index in [1.807, 2.05) is 0 Å². The van der Waals surface area contributed by atoms with E-state index in [1.165, 1.54) is 16.6 Å². The number of rotatable bonds is 5. The van der Waals surface area contributed by atoms with Crippen molar-refractivity contribution in [2.75, 3.05) is 24.4 Å². The van der Waals surface area contributed by atoms with Gasteiger partial charge in [-0.2, -0.15) is 31.4 Å². The van der Waals surface area contributed by atoms with Crippen molar-refractivity contribution in [2.24, 2.45) is 5.10 Å². The lowest BCUT2D eigenvalue weighted by Gasteiger charge is -2.26. The fourth-order valence-corrected chi connectivity index (χ4v) is 4.80. The number of pyridine rings is 1. The lowest BCUT2D eigenvalue weighted by atomic mass is 9.97. The predicted molar refractivity (Wildman–Crippen MR) is 118 cm³/mol. The zero-order valence-electron chi connectivity index (χ0n) is 18.6. The first-order chi connectivity index (χ1) is 16.7. The molecule has 0 bridgehead atoms. The van der Waals surface area contributed by atoms with E-state index in [0.717, 1.165) is 24.0 Å². The van der Waals surface area contributed by atoms with E-state index in [-0.39, 0.29) is 18.8 Å². The van der Waals surface area contributed by atoms with Gasteiger partial charge in [0.1, 0.15) is 17.6 Å². The number of benzene rings is 1. The molecule has 4 rings (SSSR count). The van der Waals surface area contributed by atoms with Gasteiger partial charge in [0.2, 0.25) is 10.0 Å². The summed E-state index contributed by atoms with van der Waals surface area (Å²) in [6.45, 7) is 0.303. The minimum absolute atomic E-state index is 0.0272. The Labute approximate surface area is 201 Å². The summed E-state index contributed by atoms with van der Waals surface area (Å²) in [6, 6.07) is 3.87. The topological polar surface area (TPSA) is 65.9 Å². The van der Waals surface area contributed by atoms with Crippen LogP contribution in [0.4, 0.5) is 36.4 Å². The van der Waals surface area contributed by atoms with Gasteiger partial charge in [-0.25, -0.2) is 17.2 Å². The average molecular weight is 536 g/mol. The summed E-state index contributed by atoms with van der Waals surface area (Å²) in [5, 5.41) is 4.06. The number of aromatic nitrogens is 1. The fraction of sp³-hybridized carbons (Fsp3) is 0.364. The number of sulfonamides is 1. The van der Waals surface area contributed by atoms with Crippen LogP contribution in [-0.2, 0) is 10.0 Å². The van der Waals surface area contributed by atoms with Crippen molar-refractivity contribution in [3.05, 3.63) is 65.5 Å². The van der Waals surface area contributed by atoms with Gasteiger partial charge in [0.05, 0.1) is 17.6 Å². The molecule has 2 aliphatic rings. The van der Waals surface area contributed by atoms with E-state index < -0.39 is 57.6 Å². The monoisotopic (exact) mass is 536 g/mol. The molecule has 0 N–H and O–H groups in total. The summed E-state index contributed by atoms with van der Waals surface area (Å²) in [7, 11) is -3.40. The van der Waals surface area contributed by atoms with E-state index in [4.69, 9.17) is 0 Å². The molecule has 1 atom stereocenters. The van der Waals surface area contributed by atoms with Crippen molar-refractivity contribution in [1.82, 2.24) is 9.29 Å². The van der Waals surface area contributed by atoms with Crippen LogP contribution in [0.1, 0.15) is 30.1 Å². The maximum atomic E-state index is 14.5. The number of hydrazone groups is 1. The van der Waals surface area contributed by atoms with Crippen LogP contribution in [0.3, 0.4) is 0 Å². The van der Waals surface area contributed by atoms with Crippen molar-refractivity contribution >= 4 is 27.0 Å². The first-order valence-corrected chi connectivity index (χ1v) is 12.4. The Balaban J connectivity index is 1.72. The Bertz CT molecular complexity index is 1340. The van der Waals surface area contributed by atoms with Crippen molar-refractivity contribution in [2.45, 2.75) is 31.0 Å². The van der Waals surface area contributed by atoms with Crippen molar-refractivity contribution < 1.29 is 39.2 Å². The summed E-state index contributed by atoms with van der Waals surface area (Å²) in [6.07, 6.45) is -2.47. The lowest BCUT2D eigenvalue weighted by Crippen LogP contribution is -2.43. The van der Waals surface area contributed by atoms with Crippen molar-refractivity contribution in [3.63, 3.8) is 0 Å². The van der Waals surface area contributed by atoms with Gasteiger partial charge in [-0.05, 0) is 41.8 Å². The normalized spacial score (nSPS) is 19.9. The van der Waals surface area contributed by atoms with Crippen molar-refractivity contribution in [3.8, 4) is 0 Å². The van der Waals surface area contributed by atoms with Crippen LogP contribution in [0, 0.1) is 11.6 Å². The highest BCUT2D eigenvalue weighted by Crippen LogP contribution is 2.45. The molecule has 1 aromatic carbocycles. The minimum atomic E-state index is -5.93. The Hall–Kier alpha value is -3.00. The highest BCUT2D eigenvalue weighted by Gasteiger charge is 2.63. The molecule has 3 heterocycles. The Morgan fingerprint density at radius 1 is 1.06 bits per heavy atom. The van der Waals surface area contributed by atoms with Gasteiger partial charge in [0, 0.05) is 31.8 Å². The third kappa shape index (κ3) is 4.96. The molecule has 6 nitrogen and oxygen atoms in total. The second-order valence-corrected chi connectivity index (χ2v) is 10.3. The van der Waals surface area contributed by atoms with Crippen LogP contribution in [0.25, 0.3) is 5.57 Å². The van der Waals surface area contributed by atoms with Gasteiger partial charge in [0.25, 0.3) is 0 Å². The molecule has 0 aliphatic carbocycles. The molecule has 1 aromatic heterocycles. The molecular formula is C22H19F7N4O2S. The Kier molecular flexibility index (Phi) is 6.62. The number of alkyl halides is 5. The number of hydrogen-bond acceptors (Lipinski definition) is 5. The van der Waals surface area contributed by atoms with Crippen LogP contribution in [-0.4, -0.2) is 54.9 Å². The van der Waals surface area contributed by atoms with Crippen LogP contribution < -0.4 is 5.01 Å². The van der Waals surface area contributed by atoms with Gasteiger partial charge in [-0.15, -0.1) is 0 Å². The molecule has 0 spiro atoms. The number of nitrogens with zero attached hydrogens (tertiary/aromatic N) is 4. The Morgan fingerprint density at radius 3 is 2.36 bits per heavy atom. The molecule has 2 aliphatic heterocycles. The minimum Gasteiger partial charge on any atom is -0.259 e. The largest absolute Gasteiger partial charge is 0.459 e. The molecule has 2 aromatic rings. The average Bonchev–Trinajstić information content (AvgIpc) is 3.24. The maximum absolute atomic E-state index is 14.5. The molecule has 194 valence electrons. The van der Waals surface area contributed by atoms with Crippen LogP contribution in [0.2, 0.25) is 0 Å². The van der Waals surface area contributed by atoms with Crippen molar-refractivity contribution in [1.29, 1.82) is 0 Å². The number of anilines is 1. The maximum Gasteiger partial charge on any atom is 0.459 e. The van der Waals surface area contributed by atoms with Crippen LogP contribution in [0.15, 0.2) is 47.7 Å². The van der Waals surface area contributed by atoms with E-state index in [9.17, 15) is 39.2 Å². The number of halogens is 7. The molecule has 0 saturated heterocycles. The summed E-state index contributed by atoms with van der Waals surface area (Å²) < 4.78 is 120. The molecule has 36 heavy (non-hydrogen) atoms. The predicted octanol–water partition coefficient (Wildman–Crippen LogP) is 4.91. The molecule has 0 saturated carbocycles. The third-order valence-corrected chi connectivity index (χ3v) is 7.19. The smallest absolute Gasteiger partial charge is 0.259 e. The highest BCUT2D eigenvalue weighted by atomic mass is 32.2. The zero-order chi connectivity index (χ0) is 26.5. The van der Waals surface area contributed by atoms with E-state index >= 15 is 0 Å². The Morgan fingerprint density at radius 2 is 1.78 bits per heavy atom. The van der Waals surface area contributed by atoms with E-state index in [2.05, 4.69) is 10.1 Å².